The molecule has 0 atom stereocenters. The zero-order valence-corrected chi connectivity index (χ0v) is 11.9. The largest absolute Gasteiger partial charge is 0.319 e. The first kappa shape index (κ1) is 15.7. The molecule has 1 N–H and O–H groups in total. The number of aromatic nitrogens is 2. The molecule has 0 spiro atoms. The van der Waals surface area contributed by atoms with Gasteiger partial charge in [0, 0.05) is 0 Å². The molecule has 1 aromatic heterocycles. The highest BCUT2D eigenvalue weighted by Crippen LogP contribution is 2.20. The van der Waals surface area contributed by atoms with Crippen molar-refractivity contribution in [2.75, 3.05) is 5.32 Å². The number of amides is 1. The topological polar surface area (TPSA) is 46.9 Å². The van der Waals surface area contributed by atoms with Crippen LogP contribution in [0.3, 0.4) is 0 Å². The van der Waals surface area contributed by atoms with Gasteiger partial charge in [-0.25, -0.2) is 22.2 Å². The molecular weight excluding hydrogens is 326 g/mol. The van der Waals surface area contributed by atoms with E-state index >= 15 is 0 Å². The van der Waals surface area contributed by atoms with E-state index in [-0.39, 0.29) is 5.69 Å². The lowest BCUT2D eigenvalue weighted by atomic mass is 10.1. The highest BCUT2D eigenvalue weighted by atomic mass is 19.2. The smallest absolute Gasteiger partial charge is 0.258 e. The van der Waals surface area contributed by atoms with E-state index in [2.05, 4.69) is 10.4 Å². The molecule has 8 heteroatoms. The van der Waals surface area contributed by atoms with Crippen LogP contribution in [0.4, 0.5) is 23.2 Å². The third kappa shape index (κ3) is 2.85. The Kier molecular flexibility index (Phi) is 4.03. The van der Waals surface area contributed by atoms with Gasteiger partial charge in [0.1, 0.15) is 0 Å². The van der Waals surface area contributed by atoms with Gasteiger partial charge in [-0.2, -0.15) is 5.10 Å². The van der Waals surface area contributed by atoms with Crippen LogP contribution in [-0.4, -0.2) is 15.7 Å². The molecule has 0 aliphatic rings. The predicted molar refractivity (Wildman–Crippen MR) is 77.8 cm³/mol. The maximum absolute atomic E-state index is 13.6. The minimum Gasteiger partial charge on any atom is -0.319 e. The average molecular weight is 335 g/mol. The van der Waals surface area contributed by atoms with E-state index < -0.39 is 34.7 Å². The van der Waals surface area contributed by atoms with Crippen LogP contribution in [-0.2, 0) is 0 Å². The summed E-state index contributed by atoms with van der Waals surface area (Å²) in [7, 11) is 0. The Morgan fingerprint density at radius 3 is 2.42 bits per heavy atom. The van der Waals surface area contributed by atoms with E-state index in [0.29, 0.717) is 11.8 Å². The summed E-state index contributed by atoms with van der Waals surface area (Å²) in [4.78, 5) is 12.0. The number of carbonyl (C=O) groups excluding carboxylic acids is 1. The zero-order valence-electron chi connectivity index (χ0n) is 11.9. The van der Waals surface area contributed by atoms with Crippen LogP contribution < -0.4 is 5.32 Å². The summed E-state index contributed by atoms with van der Waals surface area (Å²) in [5.41, 5.74) is -0.0599. The van der Waals surface area contributed by atoms with Crippen molar-refractivity contribution in [2.45, 2.75) is 0 Å². The molecule has 0 aliphatic heterocycles. The Morgan fingerprint density at radius 2 is 1.71 bits per heavy atom. The Morgan fingerprint density at radius 1 is 1.00 bits per heavy atom. The first-order chi connectivity index (χ1) is 11.5. The van der Waals surface area contributed by atoms with Gasteiger partial charge in [-0.1, -0.05) is 18.2 Å². The summed E-state index contributed by atoms with van der Waals surface area (Å²) < 4.78 is 54.3. The molecule has 1 heterocycles. The van der Waals surface area contributed by atoms with Gasteiger partial charge in [0.15, 0.2) is 23.3 Å². The Bertz CT molecular complexity index is 909. The van der Waals surface area contributed by atoms with E-state index in [1.54, 1.807) is 24.3 Å². The van der Waals surface area contributed by atoms with E-state index in [9.17, 15) is 22.4 Å². The van der Waals surface area contributed by atoms with Crippen LogP contribution in [0.25, 0.3) is 5.69 Å². The average Bonchev–Trinajstić information content (AvgIpc) is 3.05. The van der Waals surface area contributed by atoms with E-state index in [1.165, 1.54) is 17.1 Å². The summed E-state index contributed by atoms with van der Waals surface area (Å²) in [5.74, 6) is -8.56. The van der Waals surface area contributed by atoms with Crippen LogP contribution in [0.2, 0.25) is 0 Å². The van der Waals surface area contributed by atoms with Gasteiger partial charge >= 0.3 is 0 Å². The van der Waals surface area contributed by atoms with Crippen molar-refractivity contribution >= 4 is 11.6 Å². The van der Waals surface area contributed by atoms with Gasteiger partial charge in [0.2, 0.25) is 0 Å². The molecule has 2 aromatic carbocycles. The van der Waals surface area contributed by atoms with Crippen molar-refractivity contribution in [3.63, 3.8) is 0 Å². The first-order valence-electron chi connectivity index (χ1n) is 6.72. The van der Waals surface area contributed by atoms with Gasteiger partial charge in [-0.15, -0.1) is 0 Å². The van der Waals surface area contributed by atoms with Crippen molar-refractivity contribution in [3.8, 4) is 5.69 Å². The van der Waals surface area contributed by atoms with E-state index in [4.69, 9.17) is 0 Å². The van der Waals surface area contributed by atoms with Gasteiger partial charge in [-0.3, -0.25) is 4.79 Å². The molecule has 0 unspecified atom stereocenters. The summed E-state index contributed by atoms with van der Waals surface area (Å²) in [6, 6.07) is 9.22. The Balaban J connectivity index is 1.85. The second-order valence-electron chi connectivity index (χ2n) is 4.81. The lowest BCUT2D eigenvalue weighted by molar-refractivity contribution is 0.102. The van der Waals surface area contributed by atoms with E-state index in [0.717, 1.165) is 0 Å². The standard InChI is InChI=1S/C16H9F4N3O/c17-12-6-11(13(18)15(20)14(12)19)16(24)22-9-7-21-23(8-9)10-4-2-1-3-5-10/h1-8H,(H,22,24). The van der Waals surface area contributed by atoms with Crippen molar-refractivity contribution < 1.29 is 22.4 Å². The molecule has 0 saturated carbocycles. The number of rotatable bonds is 3. The van der Waals surface area contributed by atoms with Crippen LogP contribution in [0.5, 0.6) is 0 Å². The number of benzene rings is 2. The fraction of sp³-hybridized carbons (Fsp3) is 0. The Hall–Kier alpha value is -3.16. The monoisotopic (exact) mass is 335 g/mol. The second kappa shape index (κ2) is 6.15. The maximum Gasteiger partial charge on any atom is 0.258 e. The minimum absolute atomic E-state index is 0.174. The molecule has 1 amide bonds. The number of nitrogens with one attached hydrogen (secondary N) is 1. The molecule has 3 rings (SSSR count). The van der Waals surface area contributed by atoms with Gasteiger partial charge in [0.05, 0.1) is 29.3 Å². The number of nitrogens with zero attached hydrogens (tertiary/aromatic N) is 2. The number of carbonyl (C=O) groups is 1. The third-order valence-corrected chi connectivity index (χ3v) is 3.21. The van der Waals surface area contributed by atoms with E-state index in [1.807, 2.05) is 6.07 Å². The quantitative estimate of drug-likeness (QED) is 0.451. The number of anilines is 1. The lowest BCUT2D eigenvalue weighted by Crippen LogP contribution is -2.16. The number of halogens is 4. The molecule has 3 aromatic rings. The molecular formula is C16H9F4N3O. The fourth-order valence-corrected chi connectivity index (χ4v) is 2.05. The number of para-hydroxylation sites is 1. The third-order valence-electron chi connectivity index (χ3n) is 3.21. The molecule has 0 fully saturated rings. The van der Waals surface area contributed by atoms with Crippen molar-refractivity contribution in [3.05, 3.63) is 77.6 Å². The molecule has 122 valence electrons. The summed E-state index contributed by atoms with van der Waals surface area (Å²) in [5, 5.41) is 6.25. The van der Waals surface area contributed by atoms with Crippen molar-refractivity contribution in [1.82, 2.24) is 9.78 Å². The van der Waals surface area contributed by atoms with Crippen molar-refractivity contribution in [1.29, 1.82) is 0 Å². The molecule has 4 nitrogen and oxygen atoms in total. The normalized spacial score (nSPS) is 10.7. The Labute approximate surface area is 133 Å². The zero-order chi connectivity index (χ0) is 17.3. The second-order valence-corrected chi connectivity index (χ2v) is 4.81. The highest BCUT2D eigenvalue weighted by molar-refractivity contribution is 6.04. The summed E-state index contributed by atoms with van der Waals surface area (Å²) in [6.07, 6.45) is 2.71. The first-order valence-corrected chi connectivity index (χ1v) is 6.72. The summed E-state index contributed by atoms with van der Waals surface area (Å²) in [6.45, 7) is 0. The molecule has 0 aliphatic carbocycles. The van der Waals surface area contributed by atoms with Crippen molar-refractivity contribution in [2.24, 2.45) is 0 Å². The minimum atomic E-state index is -2.04. The van der Waals surface area contributed by atoms with Gasteiger partial charge < -0.3 is 5.32 Å². The van der Waals surface area contributed by atoms with Gasteiger partial charge in [0.25, 0.3) is 5.91 Å². The fourth-order valence-electron chi connectivity index (χ4n) is 2.05. The number of hydrogen-bond acceptors (Lipinski definition) is 2. The number of hydrogen-bond donors (Lipinski definition) is 1. The molecule has 0 saturated heterocycles. The molecule has 0 radical (unpaired) electrons. The molecule has 0 bridgehead atoms. The highest BCUT2D eigenvalue weighted by Gasteiger charge is 2.23. The maximum atomic E-state index is 13.6. The predicted octanol–water partition coefficient (Wildman–Crippen LogP) is 3.68. The van der Waals surface area contributed by atoms with Crippen LogP contribution in [0, 0.1) is 23.3 Å². The SMILES string of the molecule is O=C(Nc1cnn(-c2ccccc2)c1)c1cc(F)c(F)c(F)c1F. The van der Waals surface area contributed by atoms with Crippen LogP contribution in [0.15, 0.2) is 48.8 Å². The summed E-state index contributed by atoms with van der Waals surface area (Å²) >= 11 is 0. The van der Waals surface area contributed by atoms with Crippen LogP contribution >= 0.6 is 0 Å². The van der Waals surface area contributed by atoms with Gasteiger partial charge in [-0.05, 0) is 18.2 Å². The molecule has 24 heavy (non-hydrogen) atoms. The lowest BCUT2D eigenvalue weighted by Gasteiger charge is -2.06. The van der Waals surface area contributed by atoms with Crippen LogP contribution in [0.1, 0.15) is 10.4 Å².